The molecule has 2 saturated heterocycles. The zero-order chi connectivity index (χ0) is 21.9. The second-order valence-electron chi connectivity index (χ2n) is 9.21. The Bertz CT molecular complexity index is 801. The summed E-state index contributed by atoms with van der Waals surface area (Å²) in [5.41, 5.74) is 1.60. The average molecular weight is 416 g/mol. The molecular weight excluding hydrogens is 382 g/mol. The number of carbonyl (C=O) groups excluding carboxylic acids is 3. The summed E-state index contributed by atoms with van der Waals surface area (Å²) >= 11 is 0. The molecule has 164 valence electrons. The lowest BCUT2D eigenvalue weighted by molar-refractivity contribution is -0.121. The molecule has 0 aromatic heterocycles. The fourth-order valence-corrected chi connectivity index (χ4v) is 3.98. The van der Waals surface area contributed by atoms with Gasteiger partial charge in [0, 0.05) is 43.3 Å². The van der Waals surface area contributed by atoms with Crippen molar-refractivity contribution in [2.75, 3.05) is 31.5 Å². The van der Waals surface area contributed by atoms with Crippen molar-refractivity contribution >= 4 is 23.6 Å². The maximum atomic E-state index is 12.8. The van der Waals surface area contributed by atoms with Gasteiger partial charge in [-0.25, -0.2) is 4.79 Å². The van der Waals surface area contributed by atoms with Crippen molar-refractivity contribution < 1.29 is 19.1 Å². The number of nitrogens with one attached hydrogen (secondary N) is 1. The van der Waals surface area contributed by atoms with Crippen molar-refractivity contribution in [3.8, 4) is 0 Å². The van der Waals surface area contributed by atoms with Gasteiger partial charge in [0.2, 0.25) is 5.91 Å². The van der Waals surface area contributed by atoms with Crippen molar-refractivity contribution in [1.29, 1.82) is 0 Å². The molecule has 2 heterocycles. The Hall–Kier alpha value is -2.57. The van der Waals surface area contributed by atoms with Crippen molar-refractivity contribution in [2.45, 2.75) is 59.0 Å². The molecule has 0 atom stereocenters. The topological polar surface area (TPSA) is 79.0 Å². The molecule has 2 fully saturated rings. The van der Waals surface area contributed by atoms with Crippen LogP contribution in [-0.2, 0) is 9.53 Å². The third-order valence-corrected chi connectivity index (χ3v) is 5.73. The number of nitrogens with zero attached hydrogens (tertiary/aromatic N) is 2. The zero-order valence-electron chi connectivity index (χ0n) is 18.5. The number of carbonyl (C=O) groups is 3. The predicted octanol–water partition coefficient (Wildman–Crippen LogP) is 3.82. The fourth-order valence-electron chi connectivity index (χ4n) is 3.98. The third-order valence-electron chi connectivity index (χ3n) is 5.73. The van der Waals surface area contributed by atoms with E-state index in [9.17, 15) is 14.4 Å². The van der Waals surface area contributed by atoms with Gasteiger partial charge in [-0.1, -0.05) is 6.07 Å². The van der Waals surface area contributed by atoms with Crippen LogP contribution in [0.15, 0.2) is 18.2 Å². The van der Waals surface area contributed by atoms with Crippen molar-refractivity contribution in [3.63, 3.8) is 0 Å². The summed E-state index contributed by atoms with van der Waals surface area (Å²) in [6, 6.07) is 5.48. The lowest BCUT2D eigenvalue weighted by atomic mass is 9.95. The van der Waals surface area contributed by atoms with Crippen LogP contribution in [-0.4, -0.2) is 59.5 Å². The summed E-state index contributed by atoms with van der Waals surface area (Å²) in [5.74, 6) is -0.194. The molecule has 0 spiro atoms. The maximum Gasteiger partial charge on any atom is 0.410 e. The number of piperidine rings is 1. The van der Waals surface area contributed by atoms with E-state index < -0.39 is 5.60 Å². The van der Waals surface area contributed by atoms with E-state index in [4.69, 9.17) is 4.74 Å². The van der Waals surface area contributed by atoms with Gasteiger partial charge in [-0.15, -0.1) is 0 Å². The molecule has 30 heavy (non-hydrogen) atoms. The molecule has 0 radical (unpaired) electrons. The molecule has 1 aromatic carbocycles. The van der Waals surface area contributed by atoms with Gasteiger partial charge in [0.25, 0.3) is 5.91 Å². The predicted molar refractivity (Wildman–Crippen MR) is 115 cm³/mol. The first-order chi connectivity index (χ1) is 14.2. The van der Waals surface area contributed by atoms with Gasteiger partial charge >= 0.3 is 6.09 Å². The Kier molecular flexibility index (Phi) is 6.68. The van der Waals surface area contributed by atoms with E-state index >= 15 is 0 Å². The highest BCUT2D eigenvalue weighted by Gasteiger charge is 2.30. The number of hydrogen-bond donors (Lipinski definition) is 1. The Labute approximate surface area is 178 Å². The van der Waals surface area contributed by atoms with E-state index in [0.717, 1.165) is 31.5 Å². The minimum Gasteiger partial charge on any atom is -0.444 e. The van der Waals surface area contributed by atoms with Gasteiger partial charge in [0.1, 0.15) is 5.60 Å². The largest absolute Gasteiger partial charge is 0.444 e. The van der Waals surface area contributed by atoms with E-state index in [0.29, 0.717) is 37.2 Å². The zero-order valence-corrected chi connectivity index (χ0v) is 18.5. The first kappa shape index (κ1) is 22.1. The molecule has 0 bridgehead atoms. The van der Waals surface area contributed by atoms with Crippen molar-refractivity contribution in [3.05, 3.63) is 29.3 Å². The van der Waals surface area contributed by atoms with Crippen molar-refractivity contribution in [1.82, 2.24) is 9.80 Å². The molecule has 2 aliphatic heterocycles. The molecule has 0 unspecified atom stereocenters. The third kappa shape index (κ3) is 5.32. The molecule has 7 nitrogen and oxygen atoms in total. The van der Waals surface area contributed by atoms with E-state index in [2.05, 4.69) is 5.32 Å². The van der Waals surface area contributed by atoms with Gasteiger partial charge in [-0.2, -0.15) is 0 Å². The lowest BCUT2D eigenvalue weighted by Gasteiger charge is -2.33. The summed E-state index contributed by atoms with van der Waals surface area (Å²) in [4.78, 5) is 41.3. The smallest absolute Gasteiger partial charge is 0.410 e. The first-order valence-electron chi connectivity index (χ1n) is 10.8. The second kappa shape index (κ2) is 9.06. The van der Waals surface area contributed by atoms with Gasteiger partial charge < -0.3 is 19.9 Å². The van der Waals surface area contributed by atoms with E-state index in [1.165, 1.54) is 0 Å². The van der Waals surface area contributed by atoms with Crippen LogP contribution in [0.25, 0.3) is 0 Å². The van der Waals surface area contributed by atoms with E-state index in [-0.39, 0.29) is 23.8 Å². The number of likely N-dealkylation sites (tertiary alicyclic amines) is 2. The minimum absolute atomic E-state index is 0.0340. The monoisotopic (exact) mass is 415 g/mol. The quantitative estimate of drug-likeness (QED) is 0.814. The average Bonchev–Trinajstić information content (AvgIpc) is 3.22. The van der Waals surface area contributed by atoms with Crippen LogP contribution in [0.4, 0.5) is 10.5 Å². The summed E-state index contributed by atoms with van der Waals surface area (Å²) < 4.78 is 5.41. The van der Waals surface area contributed by atoms with E-state index in [1.807, 2.05) is 50.8 Å². The Morgan fingerprint density at radius 2 is 1.63 bits per heavy atom. The van der Waals surface area contributed by atoms with Crippen LogP contribution in [0.1, 0.15) is 62.4 Å². The van der Waals surface area contributed by atoms with Gasteiger partial charge in [0.15, 0.2) is 0 Å². The molecule has 3 rings (SSSR count). The Morgan fingerprint density at radius 3 is 2.23 bits per heavy atom. The molecule has 0 aliphatic carbocycles. The van der Waals surface area contributed by atoms with Crippen LogP contribution in [0, 0.1) is 12.8 Å². The Balaban J connectivity index is 1.58. The molecule has 0 saturated carbocycles. The molecule has 3 amide bonds. The van der Waals surface area contributed by atoms with Crippen LogP contribution in [0.3, 0.4) is 0 Å². The highest BCUT2D eigenvalue weighted by molar-refractivity contribution is 6.00. The summed E-state index contributed by atoms with van der Waals surface area (Å²) in [6.45, 7) is 10.0. The summed E-state index contributed by atoms with van der Waals surface area (Å²) in [5, 5.41) is 3.00. The van der Waals surface area contributed by atoms with Crippen LogP contribution >= 0.6 is 0 Å². The number of amides is 3. The van der Waals surface area contributed by atoms with Gasteiger partial charge in [-0.05, 0) is 71.1 Å². The van der Waals surface area contributed by atoms with Crippen LogP contribution < -0.4 is 5.32 Å². The molecule has 2 aliphatic rings. The van der Waals surface area contributed by atoms with E-state index in [1.54, 1.807) is 4.90 Å². The highest BCUT2D eigenvalue weighted by atomic mass is 16.6. The number of hydrogen-bond acceptors (Lipinski definition) is 4. The number of anilines is 1. The molecular formula is C23H33N3O4. The van der Waals surface area contributed by atoms with Crippen LogP contribution in [0.5, 0.6) is 0 Å². The standard InChI is InChI=1S/C23H33N3O4/c1-16-18(21(28)25-12-5-6-13-25)8-7-9-19(16)24-20(27)17-10-14-26(15-11-17)22(29)30-23(2,3)4/h7-9,17H,5-6,10-15H2,1-4H3,(H,24,27). The first-order valence-corrected chi connectivity index (χ1v) is 10.8. The van der Waals surface area contributed by atoms with Gasteiger partial charge in [-0.3, -0.25) is 9.59 Å². The fraction of sp³-hybridized carbons (Fsp3) is 0.609. The maximum absolute atomic E-state index is 12.8. The van der Waals surface area contributed by atoms with Crippen molar-refractivity contribution in [2.24, 2.45) is 5.92 Å². The number of benzene rings is 1. The summed E-state index contributed by atoms with van der Waals surface area (Å²) in [7, 11) is 0. The molecule has 1 N–H and O–H groups in total. The summed E-state index contributed by atoms with van der Waals surface area (Å²) in [6.07, 6.45) is 2.95. The highest BCUT2D eigenvalue weighted by Crippen LogP contribution is 2.25. The minimum atomic E-state index is -0.527. The second-order valence-corrected chi connectivity index (χ2v) is 9.21. The SMILES string of the molecule is Cc1c(NC(=O)C2CCN(C(=O)OC(C)(C)C)CC2)cccc1C(=O)N1CCCC1. The van der Waals surface area contributed by atoms with Gasteiger partial charge in [0.05, 0.1) is 0 Å². The molecule has 7 heteroatoms. The number of rotatable bonds is 3. The number of ether oxygens (including phenoxy) is 1. The normalized spacial score (nSPS) is 17.7. The lowest BCUT2D eigenvalue weighted by Crippen LogP contribution is -2.43. The molecule has 1 aromatic rings. The van der Waals surface area contributed by atoms with Crippen LogP contribution in [0.2, 0.25) is 0 Å². The Morgan fingerprint density at radius 1 is 1.00 bits per heavy atom.